The van der Waals surface area contributed by atoms with Crippen LogP contribution in [0.1, 0.15) is 17.1 Å². The molecule has 0 aliphatic heterocycles. The lowest BCUT2D eigenvalue weighted by molar-refractivity contribution is -0.139. The summed E-state index contributed by atoms with van der Waals surface area (Å²) in [5, 5.41) is 10.9. The van der Waals surface area contributed by atoms with Gasteiger partial charge < -0.3 is 25.1 Å². The number of carbonyl (C=O) groups excluding carboxylic acids is 4. The fraction of sp³-hybridized carbons (Fsp3) is 0.250. The van der Waals surface area contributed by atoms with E-state index in [1.807, 2.05) is 19.1 Å². The first-order chi connectivity index (χ1) is 14.9. The topological polar surface area (TPSA) is 151 Å². The first kappa shape index (κ1) is 23.3. The zero-order valence-electron chi connectivity index (χ0n) is 17.1. The lowest BCUT2D eigenvalue weighted by atomic mass is 10.2. The van der Waals surface area contributed by atoms with Crippen molar-refractivity contribution in [3.8, 4) is 0 Å². The second-order valence-electron chi connectivity index (χ2n) is 6.25. The Morgan fingerprint density at radius 1 is 0.968 bits per heavy atom. The van der Waals surface area contributed by atoms with Crippen molar-refractivity contribution in [1.29, 1.82) is 0 Å². The molecule has 4 N–H and O–H groups in total. The number of carbonyl (C=O) groups is 4. The van der Waals surface area contributed by atoms with Gasteiger partial charge in [0.25, 0.3) is 0 Å². The van der Waals surface area contributed by atoms with Gasteiger partial charge in [-0.25, -0.2) is 5.43 Å². The number of methoxy groups -OCH3 is 1. The summed E-state index contributed by atoms with van der Waals surface area (Å²) in [5.41, 5.74) is 3.60. The molecule has 0 spiro atoms. The number of hydrazone groups is 1. The second kappa shape index (κ2) is 11.9. The molecule has 31 heavy (non-hydrogen) atoms. The van der Waals surface area contributed by atoms with Crippen LogP contribution < -0.4 is 21.4 Å². The molecule has 0 radical (unpaired) electrons. The Bertz CT molecular complexity index is 951. The van der Waals surface area contributed by atoms with Crippen molar-refractivity contribution >= 4 is 35.5 Å². The summed E-state index contributed by atoms with van der Waals surface area (Å²) in [6, 6.07) is 10.1. The Morgan fingerprint density at radius 3 is 2.39 bits per heavy atom. The zero-order valence-corrected chi connectivity index (χ0v) is 17.1. The number of furan rings is 1. The molecule has 1 aromatic carbocycles. The van der Waals surface area contributed by atoms with E-state index >= 15 is 0 Å². The van der Waals surface area contributed by atoms with E-state index in [0.717, 1.165) is 5.56 Å². The van der Waals surface area contributed by atoms with Crippen LogP contribution in [-0.2, 0) is 30.5 Å². The maximum atomic E-state index is 11.9. The van der Waals surface area contributed by atoms with E-state index < -0.39 is 23.6 Å². The summed E-state index contributed by atoms with van der Waals surface area (Å²) < 4.78 is 10.2. The van der Waals surface area contributed by atoms with Gasteiger partial charge in [0.15, 0.2) is 0 Å². The molecule has 0 saturated heterocycles. The molecule has 0 saturated carbocycles. The average molecular weight is 429 g/mol. The smallest absolute Gasteiger partial charge is 0.329 e. The largest absolute Gasteiger partial charge is 0.458 e. The van der Waals surface area contributed by atoms with Gasteiger partial charge >= 0.3 is 23.6 Å². The van der Waals surface area contributed by atoms with Crippen molar-refractivity contribution in [1.82, 2.24) is 16.1 Å². The Kier molecular flexibility index (Phi) is 8.92. The third-order valence-corrected chi connectivity index (χ3v) is 3.78. The minimum absolute atomic E-state index is 0.0255. The van der Waals surface area contributed by atoms with Gasteiger partial charge in [0.1, 0.15) is 11.5 Å². The molecule has 0 aliphatic carbocycles. The SMILES string of the molecule is COCCNC(=O)C(=O)N/N=C/c1ccc(CNC(=O)C(=O)Nc2ccc(C)cc2)o1. The zero-order chi connectivity index (χ0) is 22.6. The molecule has 0 unspecified atom stereocenters. The number of aryl methyl sites for hydroxylation is 1. The highest BCUT2D eigenvalue weighted by Gasteiger charge is 2.14. The Balaban J connectivity index is 1.75. The Morgan fingerprint density at radius 2 is 1.68 bits per heavy atom. The van der Waals surface area contributed by atoms with Gasteiger partial charge in [0.2, 0.25) is 0 Å². The Hall–Kier alpha value is -3.99. The number of hydrogen-bond donors (Lipinski definition) is 4. The fourth-order valence-electron chi connectivity index (χ4n) is 2.18. The first-order valence-corrected chi connectivity index (χ1v) is 9.23. The number of ether oxygens (including phenoxy) is 1. The summed E-state index contributed by atoms with van der Waals surface area (Å²) in [7, 11) is 1.47. The van der Waals surface area contributed by atoms with Crippen LogP contribution in [0.3, 0.4) is 0 Å². The van der Waals surface area contributed by atoms with Crippen molar-refractivity contribution in [3.05, 3.63) is 53.5 Å². The summed E-state index contributed by atoms with van der Waals surface area (Å²) in [4.78, 5) is 46.8. The maximum absolute atomic E-state index is 11.9. The van der Waals surface area contributed by atoms with E-state index in [2.05, 4.69) is 26.5 Å². The maximum Gasteiger partial charge on any atom is 0.329 e. The van der Waals surface area contributed by atoms with E-state index in [1.54, 1.807) is 24.3 Å². The summed E-state index contributed by atoms with van der Waals surface area (Å²) in [6.45, 7) is 2.36. The lowest BCUT2D eigenvalue weighted by Gasteiger charge is -2.05. The van der Waals surface area contributed by atoms with E-state index in [9.17, 15) is 19.2 Å². The first-order valence-electron chi connectivity index (χ1n) is 9.23. The van der Waals surface area contributed by atoms with Crippen molar-refractivity contribution in [3.63, 3.8) is 0 Å². The second-order valence-corrected chi connectivity index (χ2v) is 6.25. The molecule has 11 nitrogen and oxygen atoms in total. The summed E-state index contributed by atoms with van der Waals surface area (Å²) in [5.74, 6) is -2.77. The van der Waals surface area contributed by atoms with Crippen molar-refractivity contribution in [2.24, 2.45) is 5.10 Å². The highest BCUT2D eigenvalue weighted by molar-refractivity contribution is 6.39. The third-order valence-electron chi connectivity index (χ3n) is 3.78. The van der Waals surface area contributed by atoms with E-state index in [-0.39, 0.29) is 25.5 Å². The van der Waals surface area contributed by atoms with Crippen LogP contribution in [0.25, 0.3) is 0 Å². The van der Waals surface area contributed by atoms with Crippen LogP contribution in [0.4, 0.5) is 5.69 Å². The molecule has 1 aromatic heterocycles. The van der Waals surface area contributed by atoms with E-state index in [4.69, 9.17) is 9.15 Å². The number of nitrogens with zero attached hydrogens (tertiary/aromatic N) is 1. The Labute approximate surface area is 178 Å². The fourth-order valence-corrected chi connectivity index (χ4v) is 2.18. The standard InChI is InChI=1S/C20H23N5O6/c1-13-3-5-14(6-4-13)24-19(28)17(26)22-11-15-7-8-16(31-15)12-23-25-20(29)18(27)21-9-10-30-2/h3-8,12H,9-11H2,1-2H3,(H,21,27)(H,22,26)(H,24,28)(H,25,29)/b23-12+. The number of anilines is 1. The molecule has 4 amide bonds. The minimum Gasteiger partial charge on any atom is -0.458 e. The van der Waals surface area contributed by atoms with Gasteiger partial charge in [-0.2, -0.15) is 5.10 Å². The van der Waals surface area contributed by atoms with Gasteiger partial charge in [0.05, 0.1) is 19.4 Å². The molecule has 0 bridgehead atoms. The van der Waals surface area contributed by atoms with Crippen LogP contribution >= 0.6 is 0 Å². The monoisotopic (exact) mass is 429 g/mol. The van der Waals surface area contributed by atoms with Gasteiger partial charge in [-0.3, -0.25) is 19.2 Å². The van der Waals surface area contributed by atoms with Crippen LogP contribution in [0, 0.1) is 6.92 Å². The number of amides is 4. The normalized spacial score (nSPS) is 10.5. The number of benzene rings is 1. The van der Waals surface area contributed by atoms with Gasteiger partial charge in [-0.05, 0) is 31.2 Å². The van der Waals surface area contributed by atoms with E-state index in [0.29, 0.717) is 11.4 Å². The third kappa shape index (κ3) is 8.11. The van der Waals surface area contributed by atoms with Crippen molar-refractivity contribution in [2.75, 3.05) is 25.6 Å². The van der Waals surface area contributed by atoms with Gasteiger partial charge in [-0.1, -0.05) is 17.7 Å². The predicted molar refractivity (Wildman–Crippen MR) is 111 cm³/mol. The molecule has 2 rings (SSSR count). The predicted octanol–water partition coefficient (Wildman–Crippen LogP) is 0.0556. The molecule has 0 fully saturated rings. The molecule has 0 atom stereocenters. The van der Waals surface area contributed by atoms with Crippen LogP contribution in [0.2, 0.25) is 0 Å². The summed E-state index contributed by atoms with van der Waals surface area (Å²) >= 11 is 0. The highest BCUT2D eigenvalue weighted by Crippen LogP contribution is 2.08. The molecular formula is C20H23N5O6. The summed E-state index contributed by atoms with van der Waals surface area (Å²) in [6.07, 6.45) is 1.19. The quantitative estimate of drug-likeness (QED) is 0.202. The van der Waals surface area contributed by atoms with Crippen molar-refractivity contribution < 1.29 is 28.3 Å². The molecule has 164 valence electrons. The molecular weight excluding hydrogens is 406 g/mol. The van der Waals surface area contributed by atoms with Crippen LogP contribution in [-0.4, -0.2) is 50.1 Å². The molecule has 11 heteroatoms. The van der Waals surface area contributed by atoms with Crippen LogP contribution in [0.5, 0.6) is 0 Å². The number of rotatable bonds is 8. The number of hydrogen-bond acceptors (Lipinski definition) is 7. The van der Waals surface area contributed by atoms with E-state index in [1.165, 1.54) is 13.3 Å². The number of nitrogens with one attached hydrogen (secondary N) is 4. The van der Waals surface area contributed by atoms with Gasteiger partial charge in [-0.15, -0.1) is 0 Å². The minimum atomic E-state index is -0.939. The average Bonchev–Trinajstić information content (AvgIpc) is 3.21. The van der Waals surface area contributed by atoms with Crippen molar-refractivity contribution in [2.45, 2.75) is 13.5 Å². The highest BCUT2D eigenvalue weighted by atomic mass is 16.5. The molecule has 0 aliphatic rings. The lowest BCUT2D eigenvalue weighted by Crippen LogP contribution is -2.39. The molecule has 2 aromatic rings. The van der Waals surface area contributed by atoms with Crippen LogP contribution in [0.15, 0.2) is 45.9 Å². The molecule has 1 heterocycles. The van der Waals surface area contributed by atoms with Gasteiger partial charge in [0, 0.05) is 19.3 Å².